The van der Waals surface area contributed by atoms with Crippen LogP contribution in [0, 0.1) is 0 Å². The average Bonchev–Trinajstić information content (AvgIpc) is 2.00. The first-order chi connectivity index (χ1) is 5.22. The first-order valence-electron chi connectivity index (χ1n) is 4.48. The maximum absolute atomic E-state index is 3.72. The zero-order valence-corrected chi connectivity index (χ0v) is 8.11. The van der Waals surface area contributed by atoms with Crippen LogP contribution in [0.15, 0.2) is 23.8 Å². The Morgan fingerprint density at radius 2 is 1.73 bits per heavy atom. The molecule has 11 heavy (non-hydrogen) atoms. The number of hydrogen-bond donors (Lipinski definition) is 0. The molecule has 0 aromatic heterocycles. The molecular formula is C11H20. The highest BCUT2D eigenvalue weighted by molar-refractivity contribution is 5.09. The van der Waals surface area contributed by atoms with E-state index in [1.165, 1.54) is 19.3 Å². The minimum Gasteiger partial charge on any atom is -0.103 e. The van der Waals surface area contributed by atoms with Crippen LogP contribution in [0.4, 0.5) is 0 Å². The Hall–Kier alpha value is -0.520. The third-order valence-electron chi connectivity index (χ3n) is 2.08. The molecule has 0 bridgehead atoms. The Morgan fingerprint density at radius 3 is 2.18 bits per heavy atom. The van der Waals surface area contributed by atoms with Crippen LogP contribution < -0.4 is 0 Å². The van der Waals surface area contributed by atoms with Crippen LogP contribution in [0.5, 0.6) is 0 Å². The molecule has 0 radical (unpaired) electrons. The van der Waals surface area contributed by atoms with Gasteiger partial charge in [0.25, 0.3) is 0 Å². The summed E-state index contributed by atoms with van der Waals surface area (Å²) in [5.41, 5.74) is 3.11. The van der Waals surface area contributed by atoms with E-state index in [4.69, 9.17) is 0 Å². The summed E-state index contributed by atoms with van der Waals surface area (Å²) in [6.45, 7) is 10.4. The van der Waals surface area contributed by atoms with Gasteiger partial charge in [0.05, 0.1) is 0 Å². The second-order valence-electron chi connectivity index (χ2n) is 3.14. The summed E-state index contributed by atoms with van der Waals surface area (Å²) in [6.07, 6.45) is 6.81. The lowest BCUT2D eigenvalue weighted by Gasteiger charge is -2.04. The van der Waals surface area contributed by atoms with Crippen LogP contribution in [0.3, 0.4) is 0 Å². The molecule has 64 valence electrons. The quantitative estimate of drug-likeness (QED) is 0.520. The van der Waals surface area contributed by atoms with Gasteiger partial charge in [-0.1, -0.05) is 30.6 Å². The Bertz CT molecular complexity index is 140. The molecular weight excluding hydrogens is 132 g/mol. The topological polar surface area (TPSA) is 0 Å². The van der Waals surface area contributed by atoms with E-state index in [0.29, 0.717) is 0 Å². The largest absolute Gasteiger partial charge is 0.103 e. The van der Waals surface area contributed by atoms with Gasteiger partial charge in [0.1, 0.15) is 0 Å². The van der Waals surface area contributed by atoms with E-state index in [1.807, 2.05) is 6.08 Å². The van der Waals surface area contributed by atoms with Crippen molar-refractivity contribution in [3.05, 3.63) is 23.8 Å². The maximum Gasteiger partial charge on any atom is -0.0286 e. The standard InChI is InChI=1S/C11H20/c1-5-7-9-11(4)10(3)8-6-2/h5H,1,6-9H2,2-4H3. The zero-order chi connectivity index (χ0) is 8.69. The third kappa shape index (κ3) is 4.83. The van der Waals surface area contributed by atoms with E-state index in [0.717, 1.165) is 6.42 Å². The molecule has 0 fully saturated rings. The van der Waals surface area contributed by atoms with Crippen LogP contribution in [-0.4, -0.2) is 0 Å². The fourth-order valence-corrected chi connectivity index (χ4v) is 1.12. The second kappa shape index (κ2) is 6.21. The van der Waals surface area contributed by atoms with Gasteiger partial charge >= 0.3 is 0 Å². The van der Waals surface area contributed by atoms with Crippen molar-refractivity contribution in [1.82, 2.24) is 0 Å². The minimum absolute atomic E-state index is 1.12. The second-order valence-corrected chi connectivity index (χ2v) is 3.14. The number of rotatable bonds is 5. The molecule has 0 saturated heterocycles. The van der Waals surface area contributed by atoms with E-state index in [2.05, 4.69) is 27.4 Å². The molecule has 0 unspecified atom stereocenters. The Balaban J connectivity index is 3.82. The van der Waals surface area contributed by atoms with E-state index >= 15 is 0 Å². The molecule has 0 aliphatic heterocycles. The van der Waals surface area contributed by atoms with Gasteiger partial charge in [0.15, 0.2) is 0 Å². The van der Waals surface area contributed by atoms with Crippen molar-refractivity contribution in [2.24, 2.45) is 0 Å². The fourth-order valence-electron chi connectivity index (χ4n) is 1.12. The average molecular weight is 152 g/mol. The zero-order valence-electron chi connectivity index (χ0n) is 8.11. The van der Waals surface area contributed by atoms with Gasteiger partial charge in [-0.2, -0.15) is 0 Å². The SMILES string of the molecule is C=CCCC(C)=C(C)CCC. The van der Waals surface area contributed by atoms with Crippen molar-refractivity contribution in [2.75, 3.05) is 0 Å². The summed E-state index contributed by atoms with van der Waals surface area (Å²) in [4.78, 5) is 0. The number of allylic oxidation sites excluding steroid dienone is 3. The van der Waals surface area contributed by atoms with E-state index < -0.39 is 0 Å². The Morgan fingerprint density at radius 1 is 1.18 bits per heavy atom. The summed E-state index contributed by atoms with van der Waals surface area (Å²) in [5.74, 6) is 0. The molecule has 0 heterocycles. The highest BCUT2D eigenvalue weighted by atomic mass is 14.0. The normalized spacial score (nSPS) is 12.6. The molecule has 0 N–H and O–H groups in total. The first-order valence-corrected chi connectivity index (χ1v) is 4.48. The highest BCUT2D eigenvalue weighted by Gasteiger charge is 1.94. The van der Waals surface area contributed by atoms with E-state index in [9.17, 15) is 0 Å². The lowest BCUT2D eigenvalue weighted by molar-refractivity contribution is 0.858. The maximum atomic E-state index is 3.72. The van der Waals surface area contributed by atoms with Crippen molar-refractivity contribution in [1.29, 1.82) is 0 Å². The molecule has 0 aromatic rings. The molecule has 0 heteroatoms. The molecule has 0 nitrogen and oxygen atoms in total. The summed E-state index contributed by atoms with van der Waals surface area (Å²) >= 11 is 0. The summed E-state index contributed by atoms with van der Waals surface area (Å²) in [7, 11) is 0. The molecule has 0 aromatic carbocycles. The van der Waals surface area contributed by atoms with Gasteiger partial charge in [-0.3, -0.25) is 0 Å². The highest BCUT2D eigenvalue weighted by Crippen LogP contribution is 2.14. The summed E-state index contributed by atoms with van der Waals surface area (Å²) < 4.78 is 0. The van der Waals surface area contributed by atoms with Crippen molar-refractivity contribution >= 4 is 0 Å². The predicted molar refractivity (Wildman–Crippen MR) is 52.7 cm³/mol. The first kappa shape index (κ1) is 10.5. The molecule has 0 aliphatic rings. The molecule has 0 spiro atoms. The van der Waals surface area contributed by atoms with Crippen molar-refractivity contribution < 1.29 is 0 Å². The van der Waals surface area contributed by atoms with Gasteiger partial charge in [-0.25, -0.2) is 0 Å². The molecule has 0 amide bonds. The lowest BCUT2D eigenvalue weighted by atomic mass is 10.0. The van der Waals surface area contributed by atoms with Gasteiger partial charge in [0.2, 0.25) is 0 Å². The fraction of sp³-hybridized carbons (Fsp3) is 0.636. The van der Waals surface area contributed by atoms with Crippen LogP contribution in [-0.2, 0) is 0 Å². The van der Waals surface area contributed by atoms with Crippen LogP contribution >= 0.6 is 0 Å². The molecule has 0 rings (SSSR count). The number of hydrogen-bond acceptors (Lipinski definition) is 0. The van der Waals surface area contributed by atoms with Crippen LogP contribution in [0.25, 0.3) is 0 Å². The van der Waals surface area contributed by atoms with Crippen molar-refractivity contribution in [3.8, 4) is 0 Å². The predicted octanol–water partition coefficient (Wildman–Crippen LogP) is 4.09. The smallest absolute Gasteiger partial charge is 0.0286 e. The Labute approximate surface area is 71.0 Å². The molecule has 0 saturated carbocycles. The molecule has 0 atom stereocenters. The third-order valence-corrected chi connectivity index (χ3v) is 2.08. The van der Waals surface area contributed by atoms with Crippen molar-refractivity contribution in [2.45, 2.75) is 46.5 Å². The molecule has 0 aliphatic carbocycles. The van der Waals surface area contributed by atoms with E-state index in [-0.39, 0.29) is 0 Å². The van der Waals surface area contributed by atoms with Gasteiger partial charge in [-0.15, -0.1) is 6.58 Å². The van der Waals surface area contributed by atoms with Gasteiger partial charge in [-0.05, 0) is 33.1 Å². The minimum atomic E-state index is 1.12. The lowest BCUT2D eigenvalue weighted by Crippen LogP contribution is -1.83. The summed E-state index contributed by atoms with van der Waals surface area (Å²) in [6, 6.07) is 0. The summed E-state index contributed by atoms with van der Waals surface area (Å²) in [5, 5.41) is 0. The van der Waals surface area contributed by atoms with Gasteiger partial charge < -0.3 is 0 Å². The van der Waals surface area contributed by atoms with Crippen molar-refractivity contribution in [3.63, 3.8) is 0 Å². The van der Waals surface area contributed by atoms with Crippen LogP contribution in [0.1, 0.15) is 46.5 Å². The van der Waals surface area contributed by atoms with E-state index in [1.54, 1.807) is 11.1 Å². The monoisotopic (exact) mass is 152 g/mol. The Kier molecular flexibility index (Phi) is 5.91. The van der Waals surface area contributed by atoms with Crippen LogP contribution in [0.2, 0.25) is 0 Å². The van der Waals surface area contributed by atoms with Gasteiger partial charge in [0, 0.05) is 0 Å².